The number of sulfone groups is 1. The van der Waals surface area contributed by atoms with Crippen molar-refractivity contribution in [1.82, 2.24) is 5.32 Å². The number of amides is 1. The van der Waals surface area contributed by atoms with E-state index in [9.17, 15) is 23.3 Å². The van der Waals surface area contributed by atoms with Crippen molar-refractivity contribution in [2.24, 2.45) is 0 Å². The Morgan fingerprint density at radius 3 is 2.65 bits per heavy atom. The van der Waals surface area contributed by atoms with Crippen LogP contribution in [-0.2, 0) is 9.84 Å². The van der Waals surface area contributed by atoms with Crippen LogP contribution in [0.25, 0.3) is 0 Å². The maximum atomic E-state index is 11.8. The molecule has 8 nitrogen and oxygen atoms in total. The first-order valence-corrected chi connectivity index (χ1v) is 7.61. The highest BCUT2D eigenvalue weighted by Gasteiger charge is 2.20. The van der Waals surface area contributed by atoms with E-state index in [4.69, 9.17) is 5.73 Å². The Morgan fingerprint density at radius 1 is 1.45 bits per heavy atom. The molecule has 0 radical (unpaired) electrons. The average molecular weight is 301 g/mol. The van der Waals surface area contributed by atoms with Crippen LogP contribution in [0.2, 0.25) is 0 Å². The number of nitro groups is 1. The molecule has 0 atom stereocenters. The lowest BCUT2D eigenvalue weighted by Crippen LogP contribution is -2.30. The molecule has 3 N–H and O–H groups in total. The number of hydrogen-bond donors (Lipinski definition) is 2. The lowest BCUT2D eigenvalue weighted by Gasteiger charge is -2.06. The van der Waals surface area contributed by atoms with Gasteiger partial charge < -0.3 is 11.1 Å². The first-order valence-electron chi connectivity index (χ1n) is 5.79. The molecular formula is C11H15N3O5S. The molecule has 0 spiro atoms. The predicted molar refractivity (Wildman–Crippen MR) is 74.2 cm³/mol. The van der Waals surface area contributed by atoms with Crippen molar-refractivity contribution in [3.63, 3.8) is 0 Å². The lowest BCUT2D eigenvalue weighted by molar-refractivity contribution is -0.385. The van der Waals surface area contributed by atoms with Crippen molar-refractivity contribution in [2.75, 3.05) is 23.8 Å². The number of carbonyl (C=O) groups is 1. The molecule has 1 amide bonds. The zero-order valence-electron chi connectivity index (χ0n) is 10.8. The van der Waals surface area contributed by atoms with E-state index in [1.807, 2.05) is 0 Å². The van der Waals surface area contributed by atoms with E-state index in [0.29, 0.717) is 0 Å². The molecule has 0 aromatic heterocycles. The second kappa shape index (κ2) is 6.33. The second-order valence-corrected chi connectivity index (χ2v) is 6.50. The third kappa shape index (κ3) is 4.19. The highest BCUT2D eigenvalue weighted by atomic mass is 32.2. The third-order valence-corrected chi connectivity index (χ3v) is 4.31. The van der Waals surface area contributed by atoms with Crippen LogP contribution in [0.1, 0.15) is 17.3 Å². The van der Waals surface area contributed by atoms with Gasteiger partial charge in [0.15, 0.2) is 9.84 Å². The van der Waals surface area contributed by atoms with E-state index >= 15 is 0 Å². The first-order chi connectivity index (χ1) is 9.26. The van der Waals surface area contributed by atoms with Gasteiger partial charge in [0.1, 0.15) is 5.56 Å². The summed E-state index contributed by atoms with van der Waals surface area (Å²) in [4.78, 5) is 21.9. The normalized spacial score (nSPS) is 11.1. The topological polar surface area (TPSA) is 132 Å². The van der Waals surface area contributed by atoms with Crippen LogP contribution in [0.15, 0.2) is 18.2 Å². The number of rotatable bonds is 6. The smallest absolute Gasteiger partial charge is 0.282 e. The van der Waals surface area contributed by atoms with Crippen molar-refractivity contribution < 1.29 is 18.1 Å². The number of hydrogen-bond acceptors (Lipinski definition) is 6. The molecule has 0 unspecified atom stereocenters. The molecule has 20 heavy (non-hydrogen) atoms. The van der Waals surface area contributed by atoms with Crippen molar-refractivity contribution in [2.45, 2.75) is 6.92 Å². The summed E-state index contributed by atoms with van der Waals surface area (Å²) in [6.45, 7) is 1.39. The van der Waals surface area contributed by atoms with Crippen molar-refractivity contribution in [3.8, 4) is 0 Å². The first kappa shape index (κ1) is 15.9. The number of nitrogens with one attached hydrogen (secondary N) is 1. The number of nitro benzene ring substituents is 1. The zero-order chi connectivity index (χ0) is 15.3. The van der Waals surface area contributed by atoms with E-state index < -0.39 is 20.7 Å². The minimum absolute atomic E-state index is 0.0265. The summed E-state index contributed by atoms with van der Waals surface area (Å²) in [7, 11) is -3.21. The Bertz CT molecular complexity index is 627. The van der Waals surface area contributed by atoms with E-state index in [1.54, 1.807) is 0 Å². The van der Waals surface area contributed by atoms with Gasteiger partial charge in [0.2, 0.25) is 0 Å². The Balaban J connectivity index is 2.83. The molecule has 0 saturated carbocycles. The summed E-state index contributed by atoms with van der Waals surface area (Å²) in [5, 5.41) is 13.1. The van der Waals surface area contributed by atoms with Gasteiger partial charge in [0, 0.05) is 24.1 Å². The molecule has 0 aliphatic rings. The van der Waals surface area contributed by atoms with Gasteiger partial charge in [0.25, 0.3) is 11.6 Å². The summed E-state index contributed by atoms with van der Waals surface area (Å²) in [5.41, 5.74) is 5.13. The number of carbonyl (C=O) groups excluding carboxylic acids is 1. The Morgan fingerprint density at radius 2 is 2.10 bits per heavy atom. The highest BCUT2D eigenvalue weighted by Crippen LogP contribution is 2.20. The van der Waals surface area contributed by atoms with Crippen LogP contribution < -0.4 is 11.1 Å². The van der Waals surface area contributed by atoms with Crippen LogP contribution in [0, 0.1) is 10.1 Å². The molecule has 0 bridgehead atoms. The van der Waals surface area contributed by atoms with Crippen LogP contribution in [0.3, 0.4) is 0 Å². The van der Waals surface area contributed by atoms with Crippen LogP contribution in [-0.4, -0.2) is 37.3 Å². The number of anilines is 1. The quantitative estimate of drug-likeness (QED) is 0.442. The summed E-state index contributed by atoms with van der Waals surface area (Å²) < 4.78 is 22.5. The van der Waals surface area contributed by atoms with Gasteiger partial charge >= 0.3 is 0 Å². The molecule has 0 saturated heterocycles. The largest absolute Gasteiger partial charge is 0.399 e. The fourth-order valence-corrected chi connectivity index (χ4v) is 2.16. The maximum absolute atomic E-state index is 11.8. The van der Waals surface area contributed by atoms with Crippen molar-refractivity contribution in [1.29, 1.82) is 0 Å². The van der Waals surface area contributed by atoms with Gasteiger partial charge in [-0.3, -0.25) is 14.9 Å². The third-order valence-electron chi connectivity index (χ3n) is 2.60. The average Bonchev–Trinajstić information content (AvgIpc) is 2.37. The van der Waals surface area contributed by atoms with Crippen molar-refractivity contribution in [3.05, 3.63) is 33.9 Å². The SMILES string of the molecule is CCS(=O)(=O)CCNC(=O)c1cc(N)ccc1[N+](=O)[O-]. The molecule has 110 valence electrons. The molecule has 0 aliphatic heterocycles. The number of nitrogen functional groups attached to an aromatic ring is 1. The summed E-state index contributed by atoms with van der Waals surface area (Å²) in [6, 6.07) is 3.63. The standard InChI is InChI=1S/C11H15N3O5S/c1-2-20(18,19)6-5-13-11(15)9-7-8(12)3-4-10(9)14(16)17/h3-4,7H,2,5-6,12H2,1H3,(H,13,15). The van der Waals surface area contributed by atoms with Crippen LogP contribution in [0.4, 0.5) is 11.4 Å². The summed E-state index contributed by atoms with van der Waals surface area (Å²) in [6.07, 6.45) is 0. The van der Waals surface area contributed by atoms with Crippen LogP contribution in [0.5, 0.6) is 0 Å². The molecule has 0 aliphatic carbocycles. The Hall–Kier alpha value is -2.16. The Labute approximate surface area is 116 Å². The van der Waals surface area contributed by atoms with Gasteiger partial charge in [-0.05, 0) is 12.1 Å². The summed E-state index contributed by atoms with van der Waals surface area (Å²) in [5.74, 6) is -0.970. The lowest BCUT2D eigenvalue weighted by atomic mass is 10.1. The minimum Gasteiger partial charge on any atom is -0.399 e. The molecule has 1 aromatic rings. The van der Waals surface area contributed by atoms with E-state index in [1.165, 1.54) is 19.1 Å². The molecule has 0 heterocycles. The Kier molecular flexibility index (Phi) is 5.03. The summed E-state index contributed by atoms with van der Waals surface area (Å²) >= 11 is 0. The van der Waals surface area contributed by atoms with Gasteiger partial charge in [0.05, 0.1) is 10.7 Å². The van der Waals surface area contributed by atoms with E-state index in [-0.39, 0.29) is 35.0 Å². The molecule has 1 rings (SSSR count). The monoisotopic (exact) mass is 301 g/mol. The maximum Gasteiger partial charge on any atom is 0.282 e. The number of benzene rings is 1. The van der Waals surface area contributed by atoms with Crippen molar-refractivity contribution >= 4 is 27.1 Å². The van der Waals surface area contributed by atoms with Gasteiger partial charge in [-0.25, -0.2) is 8.42 Å². The van der Waals surface area contributed by atoms with E-state index in [2.05, 4.69) is 5.32 Å². The molecular weight excluding hydrogens is 286 g/mol. The highest BCUT2D eigenvalue weighted by molar-refractivity contribution is 7.91. The second-order valence-electron chi connectivity index (χ2n) is 4.03. The fraction of sp³-hybridized carbons (Fsp3) is 0.364. The van der Waals surface area contributed by atoms with Gasteiger partial charge in [-0.2, -0.15) is 0 Å². The number of nitrogens with two attached hydrogens (primary N) is 1. The van der Waals surface area contributed by atoms with Crippen LogP contribution >= 0.6 is 0 Å². The molecule has 1 aromatic carbocycles. The van der Waals surface area contributed by atoms with Gasteiger partial charge in [-0.15, -0.1) is 0 Å². The zero-order valence-corrected chi connectivity index (χ0v) is 11.6. The minimum atomic E-state index is -3.21. The molecule has 9 heteroatoms. The predicted octanol–water partition coefficient (Wildman–Crippen LogP) is 0.342. The molecule has 0 fully saturated rings. The fourth-order valence-electron chi connectivity index (χ4n) is 1.45. The van der Waals surface area contributed by atoms with Gasteiger partial charge in [-0.1, -0.05) is 6.92 Å². The number of nitrogens with zero attached hydrogens (tertiary/aromatic N) is 1. The van der Waals surface area contributed by atoms with E-state index in [0.717, 1.165) is 6.07 Å².